The highest BCUT2D eigenvalue weighted by Gasteiger charge is 2.28. The smallest absolute Gasteiger partial charge is 0.272 e. The molecule has 4 rings (SSSR count). The van der Waals surface area contributed by atoms with Crippen LogP contribution in [0.3, 0.4) is 0 Å². The van der Waals surface area contributed by atoms with Gasteiger partial charge >= 0.3 is 0 Å². The third-order valence-electron chi connectivity index (χ3n) is 5.13. The van der Waals surface area contributed by atoms with Crippen LogP contribution in [0.15, 0.2) is 42.7 Å². The molecule has 2 aromatic heterocycles. The second-order valence-electron chi connectivity index (χ2n) is 7.23. The lowest BCUT2D eigenvalue weighted by Crippen LogP contribution is -2.32. The van der Waals surface area contributed by atoms with E-state index in [4.69, 9.17) is 0 Å². The minimum Gasteiger partial charge on any atom is -0.379 e. The number of carbonyl (C=O) groups is 1. The van der Waals surface area contributed by atoms with E-state index in [0.29, 0.717) is 24.3 Å². The molecular weight excluding hydrogens is 350 g/mol. The fourth-order valence-electron chi connectivity index (χ4n) is 3.82. The Hall–Kier alpha value is -3.46. The Bertz CT molecular complexity index is 1090. The number of carbonyl (C=O) groups excluding carboxylic acids is 1. The number of aryl methyl sites for hydroxylation is 2. The first-order valence-electron chi connectivity index (χ1n) is 9.33. The molecule has 0 bridgehead atoms. The molecule has 0 radical (unpaired) electrons. The summed E-state index contributed by atoms with van der Waals surface area (Å²) in [6.45, 7) is 5.31. The number of pyridine rings is 2. The third kappa shape index (κ3) is 3.27. The van der Waals surface area contributed by atoms with Crippen molar-refractivity contribution in [1.82, 2.24) is 14.9 Å². The summed E-state index contributed by atoms with van der Waals surface area (Å²) in [7, 11) is 0. The number of rotatable bonds is 3. The first kappa shape index (κ1) is 17.9. The lowest BCUT2D eigenvalue weighted by molar-refractivity contribution is 0.0786. The van der Waals surface area contributed by atoms with E-state index >= 15 is 0 Å². The molecule has 6 nitrogen and oxygen atoms in total. The van der Waals surface area contributed by atoms with Gasteiger partial charge in [0.1, 0.15) is 11.8 Å². The number of hydrogen-bond donors (Lipinski definition) is 1. The van der Waals surface area contributed by atoms with Crippen molar-refractivity contribution < 1.29 is 4.79 Å². The summed E-state index contributed by atoms with van der Waals surface area (Å²) >= 11 is 0. The zero-order chi connectivity index (χ0) is 19.7. The highest BCUT2D eigenvalue weighted by Crippen LogP contribution is 2.30. The van der Waals surface area contributed by atoms with Gasteiger partial charge in [0.15, 0.2) is 0 Å². The second-order valence-corrected chi connectivity index (χ2v) is 7.23. The van der Waals surface area contributed by atoms with E-state index in [1.165, 1.54) is 0 Å². The van der Waals surface area contributed by atoms with Gasteiger partial charge in [-0.05, 0) is 44.0 Å². The topological polar surface area (TPSA) is 81.9 Å². The predicted molar refractivity (Wildman–Crippen MR) is 108 cm³/mol. The molecule has 1 atom stereocenters. The SMILES string of the molecule is Cc1cc(C)c2ncc(C#N)c(NC3CCN(C(=O)c4ccccn4)C3)c2c1. The van der Waals surface area contributed by atoms with Gasteiger partial charge in [0, 0.05) is 36.9 Å². The van der Waals surface area contributed by atoms with E-state index in [-0.39, 0.29) is 11.9 Å². The molecule has 1 amide bonds. The average Bonchev–Trinajstić information content (AvgIpc) is 3.17. The number of benzene rings is 1. The van der Waals surface area contributed by atoms with Gasteiger partial charge in [0.05, 0.1) is 16.8 Å². The van der Waals surface area contributed by atoms with Gasteiger partial charge in [-0.1, -0.05) is 17.7 Å². The van der Waals surface area contributed by atoms with E-state index in [1.54, 1.807) is 24.5 Å². The molecule has 1 aromatic carbocycles. The predicted octanol–water partition coefficient (Wildman–Crippen LogP) is 3.44. The Labute approximate surface area is 163 Å². The van der Waals surface area contributed by atoms with Crippen molar-refractivity contribution in [2.75, 3.05) is 18.4 Å². The summed E-state index contributed by atoms with van der Waals surface area (Å²) in [5.74, 6) is -0.0586. The molecule has 0 spiro atoms. The maximum absolute atomic E-state index is 12.6. The third-order valence-corrected chi connectivity index (χ3v) is 5.13. The molecule has 1 aliphatic rings. The van der Waals surface area contributed by atoms with E-state index < -0.39 is 0 Å². The fourth-order valence-corrected chi connectivity index (χ4v) is 3.82. The zero-order valence-electron chi connectivity index (χ0n) is 15.9. The molecule has 6 heteroatoms. The molecule has 1 aliphatic heterocycles. The Kier molecular flexibility index (Phi) is 4.66. The first-order valence-corrected chi connectivity index (χ1v) is 9.33. The van der Waals surface area contributed by atoms with Crippen molar-refractivity contribution in [3.63, 3.8) is 0 Å². The van der Waals surface area contributed by atoms with Crippen LogP contribution < -0.4 is 5.32 Å². The van der Waals surface area contributed by atoms with Crippen molar-refractivity contribution >= 4 is 22.5 Å². The van der Waals surface area contributed by atoms with Crippen LogP contribution in [0.25, 0.3) is 10.9 Å². The molecule has 0 aliphatic carbocycles. The van der Waals surface area contributed by atoms with E-state index in [9.17, 15) is 10.1 Å². The summed E-state index contributed by atoms with van der Waals surface area (Å²) in [6, 6.07) is 11.8. The Morgan fingerprint density at radius 2 is 2.14 bits per heavy atom. The molecule has 28 heavy (non-hydrogen) atoms. The number of nitrogens with zero attached hydrogens (tertiary/aromatic N) is 4. The van der Waals surface area contributed by atoms with Crippen LogP contribution in [-0.2, 0) is 0 Å². The Morgan fingerprint density at radius 1 is 1.29 bits per heavy atom. The van der Waals surface area contributed by atoms with Gasteiger partial charge in [-0.15, -0.1) is 0 Å². The number of likely N-dealkylation sites (tertiary alicyclic amines) is 1. The number of amides is 1. The number of nitriles is 1. The lowest BCUT2D eigenvalue weighted by Gasteiger charge is -2.19. The highest BCUT2D eigenvalue weighted by molar-refractivity contribution is 5.96. The summed E-state index contributed by atoms with van der Waals surface area (Å²) < 4.78 is 0. The van der Waals surface area contributed by atoms with Gasteiger partial charge < -0.3 is 10.2 Å². The second kappa shape index (κ2) is 7.28. The number of anilines is 1. The highest BCUT2D eigenvalue weighted by atomic mass is 16.2. The van der Waals surface area contributed by atoms with Crippen LogP contribution in [-0.4, -0.2) is 39.9 Å². The van der Waals surface area contributed by atoms with E-state index in [1.807, 2.05) is 24.8 Å². The molecule has 1 fully saturated rings. The van der Waals surface area contributed by atoms with Crippen LogP contribution >= 0.6 is 0 Å². The number of fused-ring (bicyclic) bond motifs is 1. The molecule has 1 unspecified atom stereocenters. The molecule has 0 saturated carbocycles. The van der Waals surface area contributed by atoms with Gasteiger partial charge in [0.2, 0.25) is 0 Å². The van der Waals surface area contributed by atoms with E-state index in [0.717, 1.165) is 34.1 Å². The quantitative estimate of drug-likeness (QED) is 0.763. The number of aromatic nitrogens is 2. The van der Waals surface area contributed by atoms with Crippen molar-refractivity contribution in [3.8, 4) is 6.07 Å². The van der Waals surface area contributed by atoms with Crippen LogP contribution in [0.4, 0.5) is 5.69 Å². The van der Waals surface area contributed by atoms with Crippen molar-refractivity contribution in [1.29, 1.82) is 5.26 Å². The summed E-state index contributed by atoms with van der Waals surface area (Å²) in [5.41, 5.74) is 4.89. The van der Waals surface area contributed by atoms with Crippen LogP contribution in [0.1, 0.15) is 33.6 Å². The summed E-state index contributed by atoms with van der Waals surface area (Å²) in [4.78, 5) is 23.1. The normalized spacial score (nSPS) is 16.2. The largest absolute Gasteiger partial charge is 0.379 e. The van der Waals surface area contributed by atoms with Crippen LogP contribution in [0.2, 0.25) is 0 Å². The van der Waals surface area contributed by atoms with Crippen molar-refractivity contribution in [2.24, 2.45) is 0 Å². The number of hydrogen-bond acceptors (Lipinski definition) is 5. The lowest BCUT2D eigenvalue weighted by atomic mass is 10.0. The summed E-state index contributed by atoms with van der Waals surface area (Å²) in [5, 5.41) is 14.0. The van der Waals surface area contributed by atoms with Crippen LogP contribution in [0.5, 0.6) is 0 Å². The average molecular weight is 371 g/mol. The maximum Gasteiger partial charge on any atom is 0.272 e. The minimum atomic E-state index is -0.0586. The monoisotopic (exact) mass is 371 g/mol. The van der Waals surface area contributed by atoms with Crippen LogP contribution in [0, 0.1) is 25.2 Å². The van der Waals surface area contributed by atoms with Gasteiger partial charge in [-0.2, -0.15) is 5.26 Å². The van der Waals surface area contributed by atoms with Gasteiger partial charge in [0.25, 0.3) is 5.91 Å². The van der Waals surface area contributed by atoms with Crippen molar-refractivity contribution in [2.45, 2.75) is 26.3 Å². The minimum absolute atomic E-state index is 0.0586. The Balaban J connectivity index is 1.61. The van der Waals surface area contributed by atoms with Gasteiger partial charge in [-0.3, -0.25) is 14.8 Å². The zero-order valence-corrected chi connectivity index (χ0v) is 15.9. The molecule has 1 saturated heterocycles. The van der Waals surface area contributed by atoms with E-state index in [2.05, 4.69) is 33.5 Å². The molecular formula is C22H21N5O. The maximum atomic E-state index is 12.6. The van der Waals surface area contributed by atoms with Gasteiger partial charge in [-0.25, -0.2) is 0 Å². The first-order chi connectivity index (χ1) is 13.6. The standard InChI is InChI=1S/C22H21N5O/c1-14-9-15(2)20-18(10-14)21(16(11-23)12-25-20)26-17-6-8-27(13-17)22(28)19-5-3-4-7-24-19/h3-5,7,9-10,12,17H,6,8,13H2,1-2H3,(H,25,26). The Morgan fingerprint density at radius 3 is 2.89 bits per heavy atom. The molecule has 3 heterocycles. The molecule has 1 N–H and O–H groups in total. The molecule has 140 valence electrons. The van der Waals surface area contributed by atoms with Crippen molar-refractivity contribution in [3.05, 3.63) is 65.1 Å². The molecule has 3 aromatic rings. The number of nitrogens with one attached hydrogen (secondary N) is 1. The summed E-state index contributed by atoms with van der Waals surface area (Å²) in [6.07, 6.45) is 4.07. The fraction of sp³-hybridized carbons (Fsp3) is 0.273.